The number of sulfonamides is 1. The largest absolute Gasteiger partial charge is 0.464 e. The Morgan fingerprint density at radius 3 is 2.56 bits per heavy atom. The van der Waals surface area contributed by atoms with Crippen molar-refractivity contribution in [3.05, 3.63) is 0 Å². The average Bonchev–Trinajstić information content (AvgIpc) is 2.12. The van der Waals surface area contributed by atoms with Crippen LogP contribution >= 0.6 is 0 Å². The maximum atomic E-state index is 11.2. The number of rotatable bonds is 3. The third-order valence-electron chi connectivity index (χ3n) is 2.36. The highest BCUT2D eigenvalue weighted by molar-refractivity contribution is 7.88. The monoisotopic (exact) mass is 251 g/mol. The van der Waals surface area contributed by atoms with E-state index < -0.39 is 16.1 Å². The van der Waals surface area contributed by atoms with Crippen LogP contribution in [0, 0.1) is 0 Å². The van der Waals surface area contributed by atoms with E-state index >= 15 is 0 Å². The molecule has 8 heteroatoms. The summed E-state index contributed by atoms with van der Waals surface area (Å²) in [5.41, 5.74) is 0. The first kappa shape index (κ1) is 13.2. The number of nitrogens with one attached hydrogen (secondary N) is 2. The Kier molecular flexibility index (Phi) is 4.11. The molecular weight excluding hydrogens is 234 g/mol. The van der Waals surface area contributed by atoms with Gasteiger partial charge in [-0.05, 0) is 6.92 Å². The van der Waals surface area contributed by atoms with Crippen molar-refractivity contribution in [1.82, 2.24) is 14.9 Å². The minimum atomic E-state index is -3.72. The summed E-state index contributed by atoms with van der Waals surface area (Å²) in [7, 11) is -3.72. The van der Waals surface area contributed by atoms with Gasteiger partial charge in [0.1, 0.15) is 0 Å². The van der Waals surface area contributed by atoms with E-state index in [9.17, 15) is 13.2 Å². The molecule has 0 aliphatic carbocycles. The van der Waals surface area contributed by atoms with Gasteiger partial charge in [-0.2, -0.15) is 0 Å². The minimum Gasteiger partial charge on any atom is -0.464 e. The first-order valence-electron chi connectivity index (χ1n) is 4.98. The van der Waals surface area contributed by atoms with Crippen molar-refractivity contribution in [2.75, 3.05) is 25.9 Å². The fourth-order valence-corrected chi connectivity index (χ4v) is 2.40. The summed E-state index contributed by atoms with van der Waals surface area (Å²) < 4.78 is 22.9. The first-order valence-corrected chi connectivity index (χ1v) is 6.83. The molecule has 2 atom stereocenters. The lowest BCUT2D eigenvalue weighted by Crippen LogP contribution is -2.58. The van der Waals surface area contributed by atoms with Crippen molar-refractivity contribution in [3.8, 4) is 0 Å². The Morgan fingerprint density at radius 2 is 2.12 bits per heavy atom. The second kappa shape index (κ2) is 4.98. The van der Waals surface area contributed by atoms with Crippen molar-refractivity contribution in [2.45, 2.75) is 19.0 Å². The summed E-state index contributed by atoms with van der Waals surface area (Å²) >= 11 is 0. The highest BCUT2D eigenvalue weighted by atomic mass is 32.2. The van der Waals surface area contributed by atoms with Crippen LogP contribution in [-0.4, -0.2) is 61.9 Å². The summed E-state index contributed by atoms with van der Waals surface area (Å²) in [6, 6.07) is 0.0172. The second-order valence-electron chi connectivity index (χ2n) is 4.00. The number of carboxylic acid groups (broad SMARTS) is 1. The predicted molar refractivity (Wildman–Crippen MR) is 58.8 cm³/mol. The van der Waals surface area contributed by atoms with Gasteiger partial charge >= 0.3 is 6.09 Å². The van der Waals surface area contributed by atoms with E-state index in [2.05, 4.69) is 10.6 Å². The van der Waals surface area contributed by atoms with E-state index in [1.54, 1.807) is 0 Å². The maximum Gasteiger partial charge on any atom is 0.421 e. The van der Waals surface area contributed by atoms with E-state index in [1.807, 2.05) is 6.92 Å². The highest BCUT2D eigenvalue weighted by Gasteiger charge is 2.28. The molecule has 2 unspecified atom stereocenters. The number of piperazine rings is 1. The SMILES string of the molecule is CC1CNCC(CN(C(=O)O)S(C)(=O)=O)N1. The molecule has 3 N–H and O–H groups in total. The zero-order chi connectivity index (χ0) is 12.3. The van der Waals surface area contributed by atoms with E-state index in [4.69, 9.17) is 5.11 Å². The fourth-order valence-electron chi connectivity index (χ4n) is 1.67. The lowest BCUT2D eigenvalue weighted by atomic mass is 10.2. The number of hydrogen-bond acceptors (Lipinski definition) is 5. The smallest absolute Gasteiger partial charge is 0.421 e. The molecule has 0 bridgehead atoms. The molecule has 16 heavy (non-hydrogen) atoms. The summed E-state index contributed by atoms with van der Waals surface area (Å²) in [6.45, 7) is 3.24. The van der Waals surface area contributed by atoms with E-state index in [1.165, 1.54) is 0 Å². The van der Waals surface area contributed by atoms with Gasteiger partial charge in [-0.25, -0.2) is 17.5 Å². The van der Waals surface area contributed by atoms with Gasteiger partial charge in [0.2, 0.25) is 10.0 Å². The average molecular weight is 251 g/mol. The van der Waals surface area contributed by atoms with Crippen molar-refractivity contribution in [2.24, 2.45) is 0 Å². The molecule has 1 saturated heterocycles. The van der Waals surface area contributed by atoms with Crippen LogP contribution in [0.5, 0.6) is 0 Å². The maximum absolute atomic E-state index is 11.2. The molecule has 0 spiro atoms. The van der Waals surface area contributed by atoms with Crippen LogP contribution in [0.15, 0.2) is 0 Å². The third kappa shape index (κ3) is 3.62. The summed E-state index contributed by atoms with van der Waals surface area (Å²) in [5.74, 6) is 0. The highest BCUT2D eigenvalue weighted by Crippen LogP contribution is 2.03. The van der Waals surface area contributed by atoms with E-state index in [0.29, 0.717) is 10.8 Å². The van der Waals surface area contributed by atoms with Gasteiger partial charge in [-0.3, -0.25) is 0 Å². The quantitative estimate of drug-likeness (QED) is 0.587. The van der Waals surface area contributed by atoms with Crippen molar-refractivity contribution in [3.63, 3.8) is 0 Å². The topological polar surface area (TPSA) is 98.7 Å². The van der Waals surface area contributed by atoms with Gasteiger partial charge in [-0.1, -0.05) is 0 Å². The summed E-state index contributed by atoms with van der Waals surface area (Å²) in [4.78, 5) is 10.8. The van der Waals surface area contributed by atoms with Gasteiger partial charge in [0.15, 0.2) is 0 Å². The third-order valence-corrected chi connectivity index (χ3v) is 3.47. The molecule has 1 rings (SSSR count). The normalized spacial score (nSPS) is 26.4. The lowest BCUT2D eigenvalue weighted by Gasteiger charge is -2.32. The lowest BCUT2D eigenvalue weighted by molar-refractivity contribution is 0.166. The van der Waals surface area contributed by atoms with Crippen LogP contribution in [0.2, 0.25) is 0 Å². The Bertz CT molecular complexity index is 356. The molecule has 0 radical (unpaired) electrons. The van der Waals surface area contributed by atoms with Gasteiger partial charge in [0.05, 0.1) is 12.8 Å². The number of amides is 1. The summed E-state index contributed by atoms with van der Waals surface area (Å²) in [6.07, 6.45) is -0.552. The number of hydrogen-bond donors (Lipinski definition) is 3. The Morgan fingerprint density at radius 1 is 1.50 bits per heavy atom. The van der Waals surface area contributed by atoms with Crippen LogP contribution in [-0.2, 0) is 10.0 Å². The van der Waals surface area contributed by atoms with Crippen LogP contribution in [0.4, 0.5) is 4.79 Å². The molecule has 0 aromatic carbocycles. The molecule has 0 aromatic heterocycles. The van der Waals surface area contributed by atoms with Crippen molar-refractivity contribution < 1.29 is 18.3 Å². The van der Waals surface area contributed by atoms with Crippen LogP contribution in [0.1, 0.15) is 6.92 Å². The molecule has 0 saturated carbocycles. The number of carbonyl (C=O) groups is 1. The molecule has 1 aliphatic heterocycles. The minimum absolute atomic E-state index is 0.0640. The molecule has 1 fully saturated rings. The second-order valence-corrected chi connectivity index (χ2v) is 5.91. The Balaban J connectivity index is 2.65. The van der Waals surface area contributed by atoms with Gasteiger partial charge < -0.3 is 15.7 Å². The standard InChI is InChI=1S/C8H17N3O4S/c1-6-3-9-4-7(10-6)5-11(8(12)13)16(2,14)15/h6-7,9-10H,3-5H2,1-2H3,(H,12,13). The molecule has 1 aliphatic rings. The fraction of sp³-hybridized carbons (Fsp3) is 0.875. The molecule has 1 amide bonds. The summed E-state index contributed by atoms with van der Waals surface area (Å²) in [5, 5.41) is 15.0. The predicted octanol–water partition coefficient (Wildman–Crippen LogP) is -1.12. The van der Waals surface area contributed by atoms with Crippen molar-refractivity contribution in [1.29, 1.82) is 0 Å². The van der Waals surface area contributed by atoms with Crippen LogP contribution in [0.25, 0.3) is 0 Å². The number of nitrogens with zero attached hydrogens (tertiary/aromatic N) is 1. The molecule has 1 heterocycles. The van der Waals surface area contributed by atoms with Gasteiger partial charge in [-0.15, -0.1) is 0 Å². The molecule has 7 nitrogen and oxygen atoms in total. The molecule has 94 valence electrons. The first-order chi connectivity index (χ1) is 7.30. The van der Waals surface area contributed by atoms with E-state index in [0.717, 1.165) is 12.8 Å². The molecular formula is C8H17N3O4S. The van der Waals surface area contributed by atoms with Crippen LogP contribution in [0.3, 0.4) is 0 Å². The van der Waals surface area contributed by atoms with Gasteiger partial charge in [0, 0.05) is 25.2 Å². The zero-order valence-electron chi connectivity index (χ0n) is 9.30. The molecule has 0 aromatic rings. The van der Waals surface area contributed by atoms with Crippen molar-refractivity contribution >= 4 is 16.1 Å². The Hall–Kier alpha value is -0.860. The zero-order valence-corrected chi connectivity index (χ0v) is 10.1. The van der Waals surface area contributed by atoms with Crippen LogP contribution < -0.4 is 10.6 Å². The van der Waals surface area contributed by atoms with Gasteiger partial charge in [0.25, 0.3) is 0 Å². The Labute approximate surface area is 94.9 Å². The van der Waals surface area contributed by atoms with E-state index in [-0.39, 0.29) is 18.6 Å².